The van der Waals surface area contributed by atoms with E-state index < -0.39 is 12.0 Å². The fraction of sp³-hybridized carbons (Fsp3) is 0.167. The maximum atomic E-state index is 12.6. The van der Waals surface area contributed by atoms with Crippen LogP contribution in [0.15, 0.2) is 60.8 Å². The number of carboxylic acid groups (broad SMARTS) is 1. The number of ether oxygens (including phenoxy) is 1. The van der Waals surface area contributed by atoms with Gasteiger partial charge in [-0.25, -0.2) is 4.79 Å². The van der Waals surface area contributed by atoms with E-state index in [1.54, 1.807) is 60.8 Å². The Morgan fingerprint density at radius 2 is 1.79 bits per heavy atom. The Bertz CT molecular complexity index is 1170. The van der Waals surface area contributed by atoms with Gasteiger partial charge in [0, 0.05) is 23.9 Å². The molecule has 0 saturated carbocycles. The Labute approximate surface area is 191 Å². The second kappa shape index (κ2) is 11.4. The average molecular weight is 445 g/mol. The highest BCUT2D eigenvalue weighted by molar-refractivity contribution is 6.07. The Morgan fingerprint density at radius 3 is 2.42 bits per heavy atom. The lowest BCUT2D eigenvalue weighted by Gasteiger charge is -2.11. The van der Waals surface area contributed by atoms with Gasteiger partial charge in [-0.2, -0.15) is 5.26 Å². The minimum Gasteiger partial charge on any atom is -0.465 e. The van der Waals surface area contributed by atoms with Gasteiger partial charge in [0.15, 0.2) is 0 Å². The van der Waals surface area contributed by atoms with Gasteiger partial charge in [-0.1, -0.05) is 24.3 Å². The van der Waals surface area contributed by atoms with Gasteiger partial charge in [-0.15, -0.1) is 0 Å². The molecule has 2 amide bonds. The van der Waals surface area contributed by atoms with Crippen molar-refractivity contribution in [2.75, 3.05) is 30.8 Å². The summed E-state index contributed by atoms with van der Waals surface area (Å²) < 4.78 is 5.53. The maximum absolute atomic E-state index is 12.6. The number of hydrogen-bond donors (Lipinski definition) is 4. The van der Waals surface area contributed by atoms with Crippen LogP contribution in [0.1, 0.15) is 21.5 Å². The molecule has 0 aliphatic carbocycles. The van der Waals surface area contributed by atoms with Crippen LogP contribution in [-0.2, 0) is 11.3 Å². The zero-order valence-electron chi connectivity index (χ0n) is 18.0. The van der Waals surface area contributed by atoms with Crippen LogP contribution in [0.3, 0.4) is 0 Å². The normalized spacial score (nSPS) is 10.3. The zero-order chi connectivity index (χ0) is 23.6. The minimum atomic E-state index is -1.22. The SMILES string of the molecule is CNCCOCc1cnc(-c2ccc(C(=O)Nc3ccccc3NC(=O)O)cc2)c(C#N)c1. The number of pyridine rings is 1. The van der Waals surface area contributed by atoms with E-state index in [-0.39, 0.29) is 5.69 Å². The number of hydrogen-bond acceptors (Lipinski definition) is 6. The molecule has 0 spiro atoms. The first-order chi connectivity index (χ1) is 16.0. The lowest BCUT2D eigenvalue weighted by molar-refractivity contribution is 0.102. The van der Waals surface area contributed by atoms with Gasteiger partial charge in [0.2, 0.25) is 0 Å². The summed E-state index contributed by atoms with van der Waals surface area (Å²) in [5.74, 6) is -0.399. The summed E-state index contributed by atoms with van der Waals surface area (Å²) in [4.78, 5) is 28.0. The topological polar surface area (TPSA) is 136 Å². The highest BCUT2D eigenvalue weighted by Crippen LogP contribution is 2.24. The van der Waals surface area contributed by atoms with E-state index in [1.807, 2.05) is 7.05 Å². The summed E-state index contributed by atoms with van der Waals surface area (Å²) in [5, 5.41) is 26.4. The maximum Gasteiger partial charge on any atom is 0.409 e. The molecule has 0 aliphatic rings. The van der Waals surface area contributed by atoms with E-state index in [2.05, 4.69) is 27.0 Å². The predicted molar refractivity (Wildman–Crippen MR) is 124 cm³/mol. The van der Waals surface area contributed by atoms with Crippen molar-refractivity contribution >= 4 is 23.4 Å². The first-order valence-electron chi connectivity index (χ1n) is 10.1. The van der Waals surface area contributed by atoms with E-state index in [0.29, 0.717) is 41.3 Å². The molecule has 168 valence electrons. The third kappa shape index (κ3) is 6.36. The summed E-state index contributed by atoms with van der Waals surface area (Å²) in [6.07, 6.45) is 0.445. The first-order valence-corrected chi connectivity index (χ1v) is 10.1. The molecule has 3 aromatic rings. The summed E-state index contributed by atoms with van der Waals surface area (Å²) >= 11 is 0. The van der Waals surface area contributed by atoms with Crippen molar-refractivity contribution in [3.8, 4) is 17.3 Å². The minimum absolute atomic E-state index is 0.271. The highest BCUT2D eigenvalue weighted by atomic mass is 16.5. The van der Waals surface area contributed by atoms with E-state index in [0.717, 1.165) is 12.1 Å². The van der Waals surface area contributed by atoms with Gasteiger partial charge in [-0.05, 0) is 42.9 Å². The lowest BCUT2D eigenvalue weighted by Crippen LogP contribution is -2.15. The van der Waals surface area contributed by atoms with Crippen LogP contribution >= 0.6 is 0 Å². The third-order valence-corrected chi connectivity index (χ3v) is 4.67. The molecular formula is C24H23N5O4. The second-order valence-corrected chi connectivity index (χ2v) is 7.01. The number of nitriles is 1. The third-order valence-electron chi connectivity index (χ3n) is 4.67. The van der Waals surface area contributed by atoms with Crippen LogP contribution < -0.4 is 16.0 Å². The summed E-state index contributed by atoms with van der Waals surface area (Å²) in [6, 6.07) is 17.1. The summed E-state index contributed by atoms with van der Waals surface area (Å²) in [6.45, 7) is 1.65. The highest BCUT2D eigenvalue weighted by Gasteiger charge is 2.13. The molecule has 0 radical (unpaired) electrons. The molecule has 33 heavy (non-hydrogen) atoms. The van der Waals surface area contributed by atoms with Crippen molar-refractivity contribution in [2.24, 2.45) is 0 Å². The molecule has 9 nitrogen and oxygen atoms in total. The van der Waals surface area contributed by atoms with Crippen LogP contribution in [-0.4, -0.2) is 42.3 Å². The molecule has 1 aromatic heterocycles. The van der Waals surface area contributed by atoms with Gasteiger partial charge in [0.1, 0.15) is 6.07 Å². The number of nitrogens with zero attached hydrogens (tertiary/aromatic N) is 2. The monoisotopic (exact) mass is 445 g/mol. The number of benzene rings is 2. The van der Waals surface area contributed by atoms with Gasteiger partial charge in [0.05, 0.1) is 35.8 Å². The largest absolute Gasteiger partial charge is 0.465 e. The Balaban J connectivity index is 1.73. The number of amides is 2. The van der Waals surface area contributed by atoms with Gasteiger partial charge >= 0.3 is 6.09 Å². The van der Waals surface area contributed by atoms with Gasteiger partial charge < -0.3 is 20.5 Å². The number of para-hydroxylation sites is 2. The van der Waals surface area contributed by atoms with Crippen molar-refractivity contribution < 1.29 is 19.4 Å². The number of carbonyl (C=O) groups excluding carboxylic acids is 1. The number of anilines is 2. The standard InChI is InChI=1S/C24H23N5O4/c1-26-10-11-33-15-16-12-19(13-25)22(27-14-16)17-6-8-18(9-7-17)23(30)28-20-4-2-3-5-21(20)29-24(31)32/h2-9,12,14,26,29H,10-11,15H2,1H3,(H,28,30)(H,31,32). The summed E-state index contributed by atoms with van der Waals surface area (Å²) in [7, 11) is 1.85. The molecule has 1 heterocycles. The Hall–Kier alpha value is -4.26. The smallest absolute Gasteiger partial charge is 0.409 e. The molecule has 4 N–H and O–H groups in total. The van der Waals surface area contributed by atoms with E-state index in [4.69, 9.17) is 9.84 Å². The van der Waals surface area contributed by atoms with Crippen molar-refractivity contribution in [2.45, 2.75) is 6.61 Å². The van der Waals surface area contributed by atoms with Crippen molar-refractivity contribution in [1.29, 1.82) is 5.26 Å². The molecule has 0 aliphatic heterocycles. The predicted octanol–water partition coefficient (Wildman–Crippen LogP) is 3.70. The average Bonchev–Trinajstić information content (AvgIpc) is 2.82. The molecule has 0 bridgehead atoms. The lowest BCUT2D eigenvalue weighted by atomic mass is 10.0. The number of nitrogens with one attached hydrogen (secondary N) is 3. The fourth-order valence-corrected chi connectivity index (χ4v) is 3.06. The van der Waals surface area contributed by atoms with E-state index in [9.17, 15) is 14.9 Å². The molecule has 0 atom stereocenters. The number of rotatable bonds is 9. The number of carbonyl (C=O) groups is 2. The molecular weight excluding hydrogens is 422 g/mol. The number of aromatic nitrogens is 1. The van der Waals surface area contributed by atoms with Crippen molar-refractivity contribution in [3.63, 3.8) is 0 Å². The molecule has 2 aromatic carbocycles. The molecule has 9 heteroatoms. The molecule has 3 rings (SSSR count). The number of likely N-dealkylation sites (N-methyl/N-ethyl adjacent to an activating group) is 1. The van der Waals surface area contributed by atoms with E-state index in [1.165, 1.54) is 0 Å². The van der Waals surface area contributed by atoms with Crippen LogP contribution in [0.25, 0.3) is 11.3 Å². The van der Waals surface area contributed by atoms with Crippen molar-refractivity contribution in [1.82, 2.24) is 10.3 Å². The van der Waals surface area contributed by atoms with Crippen LogP contribution in [0.5, 0.6) is 0 Å². The zero-order valence-corrected chi connectivity index (χ0v) is 18.0. The molecule has 0 unspecified atom stereocenters. The Kier molecular flexibility index (Phi) is 8.07. The van der Waals surface area contributed by atoms with Gasteiger partial charge in [0.25, 0.3) is 5.91 Å². The second-order valence-electron chi connectivity index (χ2n) is 7.01. The van der Waals surface area contributed by atoms with Crippen LogP contribution in [0.4, 0.5) is 16.2 Å². The molecule has 0 saturated heterocycles. The molecule has 0 fully saturated rings. The van der Waals surface area contributed by atoms with Crippen molar-refractivity contribution in [3.05, 3.63) is 77.5 Å². The fourth-order valence-electron chi connectivity index (χ4n) is 3.06. The van der Waals surface area contributed by atoms with Crippen LogP contribution in [0, 0.1) is 11.3 Å². The van der Waals surface area contributed by atoms with Gasteiger partial charge in [-0.3, -0.25) is 15.1 Å². The summed E-state index contributed by atoms with van der Waals surface area (Å²) in [5.41, 5.74) is 3.41. The first kappa shape index (κ1) is 23.4. The van der Waals surface area contributed by atoms with Crippen LogP contribution in [0.2, 0.25) is 0 Å². The van der Waals surface area contributed by atoms with E-state index >= 15 is 0 Å². The quantitative estimate of drug-likeness (QED) is 0.369. The Morgan fingerprint density at radius 1 is 1.09 bits per heavy atom.